The summed E-state index contributed by atoms with van der Waals surface area (Å²) in [7, 11) is 1.90. The molecule has 0 radical (unpaired) electrons. The quantitative estimate of drug-likeness (QED) is 0.676. The molecule has 0 fully saturated rings. The molecule has 0 aliphatic heterocycles. The molecule has 1 N–H and O–H groups in total. The third-order valence-electron chi connectivity index (χ3n) is 1.48. The maximum Gasteiger partial charge on any atom is 0.00277 e. The third-order valence-corrected chi connectivity index (χ3v) is 1.48. The lowest BCUT2D eigenvalue weighted by Gasteiger charge is -1.94. The Kier molecular flexibility index (Phi) is 2.73. The van der Waals surface area contributed by atoms with Gasteiger partial charge in [-0.05, 0) is 24.8 Å². The standard InChI is InChI=1S/C10H13N/c1-9-4-3-5-10(8-9)6-7-11-2/h3-8,11H,1-2H3/b7-6-. The molecule has 0 atom stereocenters. The normalized spacial score (nSPS) is 10.4. The maximum atomic E-state index is 2.96. The molecule has 1 aromatic carbocycles. The first-order valence-electron chi connectivity index (χ1n) is 3.73. The second kappa shape index (κ2) is 3.81. The molecule has 0 heterocycles. The molecule has 0 unspecified atom stereocenters. The Balaban J connectivity index is 2.79. The zero-order valence-electron chi connectivity index (χ0n) is 6.96. The van der Waals surface area contributed by atoms with Gasteiger partial charge in [-0.25, -0.2) is 0 Å². The van der Waals surface area contributed by atoms with E-state index in [0.29, 0.717) is 0 Å². The summed E-state index contributed by atoms with van der Waals surface area (Å²) >= 11 is 0. The topological polar surface area (TPSA) is 12.0 Å². The van der Waals surface area contributed by atoms with Crippen LogP contribution in [0, 0.1) is 6.92 Å². The predicted molar refractivity (Wildman–Crippen MR) is 49.3 cm³/mol. The van der Waals surface area contributed by atoms with Gasteiger partial charge in [0.1, 0.15) is 0 Å². The largest absolute Gasteiger partial charge is 0.394 e. The summed E-state index contributed by atoms with van der Waals surface area (Å²) in [5, 5.41) is 2.96. The molecule has 0 amide bonds. The van der Waals surface area contributed by atoms with Crippen LogP contribution in [0.2, 0.25) is 0 Å². The Morgan fingerprint density at radius 3 is 2.82 bits per heavy atom. The van der Waals surface area contributed by atoms with Crippen molar-refractivity contribution >= 4 is 6.08 Å². The van der Waals surface area contributed by atoms with Crippen molar-refractivity contribution in [2.45, 2.75) is 6.92 Å². The van der Waals surface area contributed by atoms with Crippen LogP contribution >= 0.6 is 0 Å². The molecule has 58 valence electrons. The first-order valence-corrected chi connectivity index (χ1v) is 3.73. The van der Waals surface area contributed by atoms with E-state index in [1.165, 1.54) is 11.1 Å². The van der Waals surface area contributed by atoms with Crippen LogP contribution in [0.25, 0.3) is 6.08 Å². The molecular weight excluding hydrogens is 134 g/mol. The van der Waals surface area contributed by atoms with Gasteiger partial charge in [-0.2, -0.15) is 0 Å². The third kappa shape index (κ3) is 2.46. The smallest absolute Gasteiger partial charge is 0.00277 e. The van der Waals surface area contributed by atoms with Crippen molar-refractivity contribution in [3.05, 3.63) is 41.6 Å². The summed E-state index contributed by atoms with van der Waals surface area (Å²) < 4.78 is 0. The zero-order chi connectivity index (χ0) is 8.10. The number of hydrogen-bond acceptors (Lipinski definition) is 1. The maximum absolute atomic E-state index is 2.96. The molecular formula is C10H13N. The molecule has 0 aromatic heterocycles. The summed E-state index contributed by atoms with van der Waals surface area (Å²) in [6.45, 7) is 2.09. The van der Waals surface area contributed by atoms with Gasteiger partial charge in [0.15, 0.2) is 0 Å². The lowest BCUT2D eigenvalue weighted by atomic mass is 10.1. The number of aryl methyl sites for hydroxylation is 1. The first kappa shape index (κ1) is 7.86. The summed E-state index contributed by atoms with van der Waals surface area (Å²) in [5.74, 6) is 0. The second-order valence-electron chi connectivity index (χ2n) is 2.54. The zero-order valence-corrected chi connectivity index (χ0v) is 6.96. The highest BCUT2D eigenvalue weighted by molar-refractivity contribution is 5.49. The van der Waals surface area contributed by atoms with Crippen LogP contribution in [0.1, 0.15) is 11.1 Å². The SMILES string of the molecule is CN/C=C\c1cccc(C)c1. The van der Waals surface area contributed by atoms with Gasteiger partial charge in [-0.15, -0.1) is 0 Å². The van der Waals surface area contributed by atoms with E-state index in [2.05, 4.69) is 36.5 Å². The fourth-order valence-corrected chi connectivity index (χ4v) is 0.953. The van der Waals surface area contributed by atoms with Gasteiger partial charge in [0, 0.05) is 7.05 Å². The van der Waals surface area contributed by atoms with Crippen LogP contribution in [0.5, 0.6) is 0 Å². The van der Waals surface area contributed by atoms with Crippen molar-refractivity contribution in [1.29, 1.82) is 0 Å². The highest BCUT2D eigenvalue weighted by Gasteiger charge is 1.84. The van der Waals surface area contributed by atoms with Crippen molar-refractivity contribution in [2.24, 2.45) is 0 Å². The van der Waals surface area contributed by atoms with E-state index >= 15 is 0 Å². The van der Waals surface area contributed by atoms with Gasteiger partial charge in [-0.1, -0.05) is 29.8 Å². The lowest BCUT2D eigenvalue weighted by molar-refractivity contribution is 1.11. The van der Waals surface area contributed by atoms with Crippen molar-refractivity contribution < 1.29 is 0 Å². The molecule has 0 bridgehead atoms. The monoisotopic (exact) mass is 147 g/mol. The van der Waals surface area contributed by atoms with Crippen molar-refractivity contribution in [3.63, 3.8) is 0 Å². The van der Waals surface area contributed by atoms with E-state index in [9.17, 15) is 0 Å². The van der Waals surface area contributed by atoms with Crippen LogP contribution in [-0.4, -0.2) is 7.05 Å². The molecule has 0 saturated carbocycles. The van der Waals surface area contributed by atoms with Crippen LogP contribution in [0.4, 0.5) is 0 Å². The fraction of sp³-hybridized carbons (Fsp3) is 0.200. The van der Waals surface area contributed by atoms with E-state index in [1.54, 1.807) is 0 Å². The van der Waals surface area contributed by atoms with Gasteiger partial charge in [0.25, 0.3) is 0 Å². The first-order chi connectivity index (χ1) is 5.33. The summed E-state index contributed by atoms with van der Waals surface area (Å²) in [4.78, 5) is 0. The Morgan fingerprint density at radius 2 is 2.18 bits per heavy atom. The molecule has 1 aromatic rings. The van der Waals surface area contributed by atoms with E-state index in [4.69, 9.17) is 0 Å². The number of nitrogens with one attached hydrogen (secondary N) is 1. The molecule has 11 heavy (non-hydrogen) atoms. The van der Waals surface area contributed by atoms with E-state index in [-0.39, 0.29) is 0 Å². The van der Waals surface area contributed by atoms with Crippen molar-refractivity contribution in [3.8, 4) is 0 Å². The molecule has 1 rings (SSSR count). The van der Waals surface area contributed by atoms with Crippen LogP contribution in [0.15, 0.2) is 30.5 Å². The average molecular weight is 147 g/mol. The van der Waals surface area contributed by atoms with E-state index < -0.39 is 0 Å². The number of rotatable bonds is 2. The average Bonchev–Trinajstić information content (AvgIpc) is 2.01. The number of benzene rings is 1. The molecule has 0 spiro atoms. The Hall–Kier alpha value is -1.24. The minimum Gasteiger partial charge on any atom is -0.394 e. The summed E-state index contributed by atoms with van der Waals surface area (Å²) in [5.41, 5.74) is 2.53. The van der Waals surface area contributed by atoms with Crippen LogP contribution in [-0.2, 0) is 0 Å². The molecule has 0 aliphatic carbocycles. The Morgan fingerprint density at radius 1 is 1.36 bits per heavy atom. The molecule has 1 heteroatoms. The Bertz CT molecular complexity index is 251. The number of hydrogen-bond donors (Lipinski definition) is 1. The summed E-state index contributed by atoms with van der Waals surface area (Å²) in [6.07, 6.45) is 3.97. The van der Waals surface area contributed by atoms with Crippen molar-refractivity contribution in [2.75, 3.05) is 7.05 Å². The van der Waals surface area contributed by atoms with Crippen LogP contribution < -0.4 is 5.32 Å². The minimum atomic E-state index is 1.24. The minimum absolute atomic E-state index is 1.24. The van der Waals surface area contributed by atoms with Gasteiger partial charge in [0.05, 0.1) is 0 Å². The highest BCUT2D eigenvalue weighted by Crippen LogP contribution is 2.04. The highest BCUT2D eigenvalue weighted by atomic mass is 14.8. The predicted octanol–water partition coefficient (Wildman–Crippen LogP) is 2.19. The van der Waals surface area contributed by atoms with E-state index in [1.807, 2.05) is 19.3 Å². The van der Waals surface area contributed by atoms with Gasteiger partial charge in [-0.3, -0.25) is 0 Å². The Labute approximate surface area is 67.8 Å². The van der Waals surface area contributed by atoms with Crippen LogP contribution in [0.3, 0.4) is 0 Å². The lowest BCUT2D eigenvalue weighted by Crippen LogP contribution is -1.90. The van der Waals surface area contributed by atoms with Gasteiger partial charge in [0.2, 0.25) is 0 Å². The summed E-state index contributed by atoms with van der Waals surface area (Å²) in [6, 6.07) is 8.38. The second-order valence-corrected chi connectivity index (χ2v) is 2.54. The van der Waals surface area contributed by atoms with Gasteiger partial charge < -0.3 is 5.32 Å². The van der Waals surface area contributed by atoms with Crippen molar-refractivity contribution in [1.82, 2.24) is 5.32 Å². The molecule has 0 saturated heterocycles. The fourth-order valence-electron chi connectivity index (χ4n) is 0.953. The molecule has 0 aliphatic rings. The van der Waals surface area contributed by atoms with E-state index in [0.717, 1.165) is 0 Å². The van der Waals surface area contributed by atoms with Gasteiger partial charge >= 0.3 is 0 Å². The molecule has 1 nitrogen and oxygen atoms in total.